The fourth-order valence-electron chi connectivity index (χ4n) is 4.20. The molecule has 6 nitrogen and oxygen atoms in total. The van der Waals surface area contributed by atoms with Crippen LogP contribution < -0.4 is 21.7 Å². The van der Waals surface area contributed by atoms with Crippen LogP contribution in [0.3, 0.4) is 0 Å². The summed E-state index contributed by atoms with van der Waals surface area (Å²) in [7, 11) is 0. The molecule has 4 rings (SSSR count). The van der Waals surface area contributed by atoms with Crippen molar-refractivity contribution in [1.29, 1.82) is 0 Å². The second-order valence-corrected chi connectivity index (χ2v) is 8.27. The Balaban J connectivity index is 1.32. The Morgan fingerprint density at radius 2 is 1.79 bits per heavy atom. The van der Waals surface area contributed by atoms with Gasteiger partial charge >= 0.3 is 0 Å². The molecule has 2 heterocycles. The Morgan fingerprint density at radius 1 is 1.03 bits per heavy atom. The molecule has 1 amide bonds. The zero-order chi connectivity index (χ0) is 20.2. The SMILES string of the molecule is Cc1ccc(NC2NNNC2C(=O)N2CCC(Cc3ccccc3)CC2)cc1C. The molecule has 0 bridgehead atoms. The molecule has 2 aromatic rings. The number of benzene rings is 2. The average Bonchev–Trinajstić information content (AvgIpc) is 3.20. The zero-order valence-corrected chi connectivity index (χ0v) is 17.2. The number of aryl methyl sites for hydroxylation is 2. The number of carbonyl (C=O) groups excluding carboxylic acids is 1. The van der Waals surface area contributed by atoms with Gasteiger partial charge in [-0.2, -0.15) is 5.53 Å². The van der Waals surface area contributed by atoms with Gasteiger partial charge in [-0.1, -0.05) is 36.4 Å². The largest absolute Gasteiger partial charge is 0.367 e. The van der Waals surface area contributed by atoms with Gasteiger partial charge in [-0.05, 0) is 67.9 Å². The second-order valence-electron chi connectivity index (χ2n) is 8.27. The normalized spacial score (nSPS) is 22.6. The van der Waals surface area contributed by atoms with Gasteiger partial charge in [0.05, 0.1) is 0 Å². The van der Waals surface area contributed by atoms with Gasteiger partial charge in [0.1, 0.15) is 12.2 Å². The van der Waals surface area contributed by atoms with Gasteiger partial charge in [-0.25, -0.2) is 10.9 Å². The maximum absolute atomic E-state index is 13.1. The number of hydrogen-bond acceptors (Lipinski definition) is 5. The van der Waals surface area contributed by atoms with Crippen molar-refractivity contribution >= 4 is 11.6 Å². The molecule has 4 N–H and O–H groups in total. The molecular formula is C23H31N5O. The Morgan fingerprint density at radius 3 is 2.52 bits per heavy atom. The molecule has 2 fully saturated rings. The van der Waals surface area contributed by atoms with E-state index >= 15 is 0 Å². The Hall–Kier alpha value is -2.41. The molecule has 29 heavy (non-hydrogen) atoms. The third-order valence-electron chi connectivity index (χ3n) is 6.18. The number of amides is 1. The van der Waals surface area contributed by atoms with Crippen LogP contribution in [0.5, 0.6) is 0 Å². The summed E-state index contributed by atoms with van der Waals surface area (Å²) in [5, 5.41) is 3.44. The number of rotatable bonds is 5. The van der Waals surface area contributed by atoms with E-state index < -0.39 is 0 Å². The van der Waals surface area contributed by atoms with E-state index in [-0.39, 0.29) is 18.1 Å². The first-order chi connectivity index (χ1) is 14.1. The zero-order valence-electron chi connectivity index (χ0n) is 17.2. The number of anilines is 1. The lowest BCUT2D eigenvalue weighted by atomic mass is 9.90. The molecule has 0 aromatic heterocycles. The first kappa shape index (κ1) is 19.9. The van der Waals surface area contributed by atoms with Crippen LogP contribution in [0.15, 0.2) is 48.5 Å². The first-order valence-electron chi connectivity index (χ1n) is 10.5. The predicted octanol–water partition coefficient (Wildman–Crippen LogP) is 2.50. The maximum atomic E-state index is 13.1. The van der Waals surface area contributed by atoms with Crippen LogP contribution in [0.4, 0.5) is 5.69 Å². The van der Waals surface area contributed by atoms with Gasteiger partial charge in [-0.15, -0.1) is 0 Å². The summed E-state index contributed by atoms with van der Waals surface area (Å²) < 4.78 is 0. The topological polar surface area (TPSA) is 68.4 Å². The van der Waals surface area contributed by atoms with Crippen LogP contribution in [0.1, 0.15) is 29.5 Å². The molecule has 2 atom stereocenters. The van der Waals surface area contributed by atoms with Crippen LogP contribution in [0.25, 0.3) is 0 Å². The lowest BCUT2D eigenvalue weighted by Crippen LogP contribution is -2.53. The van der Waals surface area contributed by atoms with E-state index in [2.05, 4.69) is 84.1 Å². The fourth-order valence-corrected chi connectivity index (χ4v) is 4.20. The molecule has 0 radical (unpaired) electrons. The standard InChI is InChI=1S/C23H31N5O/c1-16-8-9-20(14-17(16)2)24-22-21(25-27-26-22)23(29)28-12-10-19(11-13-28)15-18-6-4-3-5-7-18/h3-9,14,19,21-22,24-27H,10-13,15H2,1-2H3. The quantitative estimate of drug-likeness (QED) is 0.629. The van der Waals surface area contributed by atoms with Gasteiger partial charge in [0.25, 0.3) is 0 Å². The molecule has 2 aromatic carbocycles. The average molecular weight is 394 g/mol. The lowest BCUT2D eigenvalue weighted by Gasteiger charge is -2.34. The van der Waals surface area contributed by atoms with Crippen molar-refractivity contribution in [3.63, 3.8) is 0 Å². The molecule has 2 unspecified atom stereocenters. The minimum absolute atomic E-state index is 0.141. The van der Waals surface area contributed by atoms with Gasteiger partial charge in [0.15, 0.2) is 0 Å². The minimum atomic E-state index is -0.345. The third-order valence-corrected chi connectivity index (χ3v) is 6.18. The van der Waals surface area contributed by atoms with Crippen molar-refractivity contribution in [3.8, 4) is 0 Å². The highest BCUT2D eigenvalue weighted by atomic mass is 16.2. The van der Waals surface area contributed by atoms with Gasteiger partial charge in [0, 0.05) is 18.8 Å². The van der Waals surface area contributed by atoms with Crippen molar-refractivity contribution in [2.45, 2.75) is 45.3 Å². The molecule has 2 aliphatic heterocycles. The highest BCUT2D eigenvalue weighted by Gasteiger charge is 2.36. The van der Waals surface area contributed by atoms with Crippen LogP contribution >= 0.6 is 0 Å². The number of nitrogens with zero attached hydrogens (tertiary/aromatic N) is 1. The summed E-state index contributed by atoms with van der Waals surface area (Å²) in [6.45, 7) is 5.85. The van der Waals surface area contributed by atoms with Crippen molar-refractivity contribution in [2.75, 3.05) is 18.4 Å². The first-order valence-corrected chi connectivity index (χ1v) is 10.5. The summed E-state index contributed by atoms with van der Waals surface area (Å²) >= 11 is 0. The van der Waals surface area contributed by atoms with Crippen LogP contribution in [-0.2, 0) is 11.2 Å². The predicted molar refractivity (Wildman–Crippen MR) is 116 cm³/mol. The van der Waals surface area contributed by atoms with E-state index in [0.29, 0.717) is 5.92 Å². The van der Waals surface area contributed by atoms with Crippen molar-refractivity contribution in [3.05, 3.63) is 65.2 Å². The van der Waals surface area contributed by atoms with Gasteiger partial charge in [0.2, 0.25) is 5.91 Å². The van der Waals surface area contributed by atoms with Crippen LogP contribution in [0.2, 0.25) is 0 Å². The van der Waals surface area contributed by atoms with Crippen molar-refractivity contribution in [2.24, 2.45) is 5.92 Å². The van der Waals surface area contributed by atoms with Crippen molar-refractivity contribution < 1.29 is 4.79 Å². The van der Waals surface area contributed by atoms with Crippen LogP contribution in [0, 0.1) is 19.8 Å². The molecule has 0 spiro atoms. The Kier molecular flexibility index (Phi) is 6.13. The monoisotopic (exact) mass is 393 g/mol. The van der Waals surface area contributed by atoms with E-state index in [4.69, 9.17) is 0 Å². The summed E-state index contributed by atoms with van der Waals surface area (Å²) in [4.78, 5) is 15.1. The summed E-state index contributed by atoms with van der Waals surface area (Å²) in [6.07, 6.45) is 3.02. The number of carbonyl (C=O) groups is 1. The van der Waals surface area contributed by atoms with E-state index in [1.807, 2.05) is 4.90 Å². The second kappa shape index (κ2) is 8.95. The molecule has 2 saturated heterocycles. The highest BCUT2D eigenvalue weighted by molar-refractivity contribution is 5.83. The van der Waals surface area contributed by atoms with E-state index in [9.17, 15) is 4.79 Å². The third kappa shape index (κ3) is 4.78. The summed E-state index contributed by atoms with van der Waals surface area (Å²) in [5.74, 6) is 0.792. The minimum Gasteiger partial charge on any atom is -0.367 e. The van der Waals surface area contributed by atoms with Crippen LogP contribution in [-0.4, -0.2) is 36.1 Å². The van der Waals surface area contributed by atoms with Gasteiger partial charge in [-0.3, -0.25) is 4.79 Å². The number of piperidine rings is 1. The summed E-state index contributed by atoms with van der Waals surface area (Å²) in [6, 6.07) is 16.6. The fraction of sp³-hybridized carbons (Fsp3) is 0.435. The van der Waals surface area contributed by atoms with E-state index in [0.717, 1.165) is 38.0 Å². The number of likely N-dealkylation sites (tertiary alicyclic amines) is 1. The van der Waals surface area contributed by atoms with Crippen molar-refractivity contribution in [1.82, 2.24) is 21.3 Å². The Bertz CT molecular complexity index is 832. The number of hydrazine groups is 2. The lowest BCUT2D eigenvalue weighted by molar-refractivity contribution is -0.134. The highest BCUT2D eigenvalue weighted by Crippen LogP contribution is 2.23. The Labute approximate surface area is 173 Å². The van der Waals surface area contributed by atoms with Gasteiger partial charge < -0.3 is 10.2 Å². The number of nitrogens with one attached hydrogen (secondary N) is 4. The van der Waals surface area contributed by atoms with E-state index in [1.165, 1.54) is 16.7 Å². The molecule has 2 aliphatic rings. The summed E-state index contributed by atoms with van der Waals surface area (Å²) in [5.41, 5.74) is 14.0. The molecule has 0 saturated carbocycles. The van der Waals surface area contributed by atoms with E-state index in [1.54, 1.807) is 0 Å². The molecule has 154 valence electrons. The molecule has 6 heteroatoms. The maximum Gasteiger partial charge on any atom is 0.244 e. The smallest absolute Gasteiger partial charge is 0.244 e. The number of hydrogen-bond donors (Lipinski definition) is 4. The molecule has 0 aliphatic carbocycles. The molecular weight excluding hydrogens is 362 g/mol.